The van der Waals surface area contributed by atoms with Crippen LogP contribution in [0.1, 0.15) is 24.8 Å². The van der Waals surface area contributed by atoms with Crippen LogP contribution in [-0.2, 0) is 6.42 Å². The van der Waals surface area contributed by atoms with E-state index < -0.39 is 0 Å². The van der Waals surface area contributed by atoms with Crippen LogP contribution in [0, 0.1) is 5.82 Å². The summed E-state index contributed by atoms with van der Waals surface area (Å²) in [7, 11) is 0. The van der Waals surface area contributed by atoms with Gasteiger partial charge in [0.2, 0.25) is 0 Å². The molecule has 1 atom stereocenters. The van der Waals surface area contributed by atoms with Gasteiger partial charge in [-0.1, -0.05) is 12.1 Å². The van der Waals surface area contributed by atoms with Crippen molar-refractivity contribution >= 4 is 0 Å². The van der Waals surface area contributed by atoms with Gasteiger partial charge in [0.15, 0.2) is 0 Å². The van der Waals surface area contributed by atoms with E-state index in [2.05, 4.69) is 10.6 Å². The van der Waals surface area contributed by atoms with Gasteiger partial charge in [0.25, 0.3) is 0 Å². The molecule has 2 rings (SSSR count). The molecule has 1 saturated heterocycles. The molecule has 2 nitrogen and oxygen atoms in total. The highest BCUT2D eigenvalue weighted by molar-refractivity contribution is 5.16. The molecule has 2 N–H and O–H groups in total. The van der Waals surface area contributed by atoms with Gasteiger partial charge < -0.3 is 10.6 Å². The largest absolute Gasteiger partial charge is 0.317 e. The summed E-state index contributed by atoms with van der Waals surface area (Å²) in [6, 6.07) is 7.50. The number of hydrogen-bond acceptors (Lipinski definition) is 2. The number of halogens is 1. The Morgan fingerprint density at radius 3 is 3.12 bits per heavy atom. The van der Waals surface area contributed by atoms with Crippen molar-refractivity contribution < 1.29 is 4.39 Å². The maximum atomic E-state index is 13.0. The van der Waals surface area contributed by atoms with E-state index >= 15 is 0 Å². The Morgan fingerprint density at radius 1 is 1.29 bits per heavy atom. The van der Waals surface area contributed by atoms with Gasteiger partial charge in [-0.2, -0.15) is 0 Å². The summed E-state index contributed by atoms with van der Waals surface area (Å²) in [5.74, 6) is -0.138. The summed E-state index contributed by atoms with van der Waals surface area (Å²) >= 11 is 0. The van der Waals surface area contributed by atoms with E-state index in [0.717, 1.165) is 31.6 Å². The zero-order chi connectivity index (χ0) is 11.9. The first-order valence-electron chi connectivity index (χ1n) is 6.53. The van der Waals surface area contributed by atoms with Gasteiger partial charge in [-0.25, -0.2) is 4.39 Å². The minimum Gasteiger partial charge on any atom is -0.317 e. The molecule has 1 aromatic rings. The van der Waals surface area contributed by atoms with Crippen LogP contribution in [0.2, 0.25) is 0 Å². The van der Waals surface area contributed by atoms with Crippen molar-refractivity contribution in [1.82, 2.24) is 10.6 Å². The zero-order valence-electron chi connectivity index (χ0n) is 10.2. The van der Waals surface area contributed by atoms with Crippen LogP contribution in [0.15, 0.2) is 24.3 Å². The Kier molecular flexibility index (Phi) is 4.95. The third kappa shape index (κ3) is 4.44. The molecule has 1 unspecified atom stereocenters. The second-order valence-electron chi connectivity index (χ2n) is 4.71. The van der Waals surface area contributed by atoms with Crippen LogP contribution < -0.4 is 10.6 Å². The third-order valence-corrected chi connectivity index (χ3v) is 3.31. The lowest BCUT2D eigenvalue weighted by molar-refractivity contribution is 0.472. The molecule has 0 bridgehead atoms. The molecule has 1 fully saturated rings. The van der Waals surface area contributed by atoms with Crippen LogP contribution in [0.3, 0.4) is 0 Å². The third-order valence-electron chi connectivity index (χ3n) is 3.31. The van der Waals surface area contributed by atoms with Gasteiger partial charge in [-0.3, -0.25) is 0 Å². The molecular formula is C14H21FN2. The molecule has 17 heavy (non-hydrogen) atoms. The number of rotatable bonds is 4. The fourth-order valence-corrected chi connectivity index (χ4v) is 2.34. The minimum absolute atomic E-state index is 0.138. The number of hydrogen-bond donors (Lipinski definition) is 2. The van der Waals surface area contributed by atoms with E-state index in [1.54, 1.807) is 12.1 Å². The molecule has 0 saturated carbocycles. The molecule has 1 aliphatic rings. The van der Waals surface area contributed by atoms with Crippen molar-refractivity contribution in [2.75, 3.05) is 19.6 Å². The molecule has 94 valence electrons. The first-order chi connectivity index (χ1) is 8.34. The van der Waals surface area contributed by atoms with Crippen LogP contribution in [0.5, 0.6) is 0 Å². The molecule has 0 radical (unpaired) electrons. The van der Waals surface area contributed by atoms with Gasteiger partial charge >= 0.3 is 0 Å². The lowest BCUT2D eigenvalue weighted by Gasteiger charge is -2.15. The maximum absolute atomic E-state index is 13.0. The summed E-state index contributed by atoms with van der Waals surface area (Å²) in [5, 5.41) is 6.97. The Hall–Kier alpha value is -0.930. The van der Waals surface area contributed by atoms with E-state index in [4.69, 9.17) is 0 Å². The standard InChI is InChI=1S/C14H21FN2/c15-13-4-1-3-12(11-13)6-10-17-14-5-2-8-16-9-7-14/h1,3-4,11,14,16-17H,2,5-10H2. The molecule has 1 heterocycles. The van der Waals surface area contributed by atoms with Crippen molar-refractivity contribution in [2.45, 2.75) is 31.7 Å². The van der Waals surface area contributed by atoms with Crippen molar-refractivity contribution in [3.8, 4) is 0 Å². The van der Waals surface area contributed by atoms with Crippen molar-refractivity contribution in [1.29, 1.82) is 0 Å². The minimum atomic E-state index is -0.138. The zero-order valence-corrected chi connectivity index (χ0v) is 10.2. The molecule has 0 amide bonds. The highest BCUT2D eigenvalue weighted by Gasteiger charge is 2.10. The molecule has 0 aliphatic carbocycles. The first-order valence-corrected chi connectivity index (χ1v) is 6.53. The lowest BCUT2D eigenvalue weighted by atomic mass is 10.1. The number of benzene rings is 1. The Balaban J connectivity index is 1.71. The van der Waals surface area contributed by atoms with Gasteiger partial charge in [0.1, 0.15) is 5.82 Å². The fourth-order valence-electron chi connectivity index (χ4n) is 2.34. The average Bonchev–Trinajstić information content (AvgIpc) is 2.58. The summed E-state index contributed by atoms with van der Waals surface area (Å²) < 4.78 is 13.0. The second-order valence-corrected chi connectivity index (χ2v) is 4.71. The molecular weight excluding hydrogens is 215 g/mol. The predicted molar refractivity (Wildman–Crippen MR) is 68.6 cm³/mol. The van der Waals surface area contributed by atoms with Crippen LogP contribution >= 0.6 is 0 Å². The second kappa shape index (κ2) is 6.72. The van der Waals surface area contributed by atoms with Crippen molar-refractivity contribution in [3.05, 3.63) is 35.6 Å². The van der Waals surface area contributed by atoms with Crippen LogP contribution in [0.25, 0.3) is 0 Å². The maximum Gasteiger partial charge on any atom is 0.123 e. The highest BCUT2D eigenvalue weighted by atomic mass is 19.1. The van der Waals surface area contributed by atoms with E-state index in [0.29, 0.717) is 6.04 Å². The SMILES string of the molecule is Fc1cccc(CCNC2CCCNCC2)c1. The Labute approximate surface area is 103 Å². The van der Waals surface area contributed by atoms with Crippen molar-refractivity contribution in [2.24, 2.45) is 0 Å². The first kappa shape index (κ1) is 12.5. The topological polar surface area (TPSA) is 24.1 Å². The normalized spacial score (nSPS) is 21.1. The fraction of sp³-hybridized carbons (Fsp3) is 0.571. The Morgan fingerprint density at radius 2 is 2.24 bits per heavy atom. The summed E-state index contributed by atoms with van der Waals surface area (Å²) in [6.45, 7) is 3.19. The van der Waals surface area contributed by atoms with Gasteiger partial charge in [-0.15, -0.1) is 0 Å². The van der Waals surface area contributed by atoms with Gasteiger partial charge in [-0.05, 0) is 63.0 Å². The molecule has 1 aliphatic heterocycles. The summed E-state index contributed by atoms with van der Waals surface area (Å²) in [5.41, 5.74) is 1.07. The van der Waals surface area contributed by atoms with Gasteiger partial charge in [0.05, 0.1) is 0 Å². The highest BCUT2D eigenvalue weighted by Crippen LogP contribution is 2.06. The van der Waals surface area contributed by atoms with Crippen LogP contribution in [-0.4, -0.2) is 25.7 Å². The number of nitrogens with one attached hydrogen (secondary N) is 2. The molecule has 0 aromatic heterocycles. The van der Waals surface area contributed by atoms with E-state index in [9.17, 15) is 4.39 Å². The molecule has 0 spiro atoms. The van der Waals surface area contributed by atoms with Crippen molar-refractivity contribution in [3.63, 3.8) is 0 Å². The average molecular weight is 236 g/mol. The van der Waals surface area contributed by atoms with Gasteiger partial charge in [0, 0.05) is 6.04 Å². The van der Waals surface area contributed by atoms with E-state index in [1.807, 2.05) is 6.07 Å². The smallest absolute Gasteiger partial charge is 0.123 e. The predicted octanol–water partition coefficient (Wildman–Crippen LogP) is 2.10. The Bertz CT molecular complexity index is 333. The summed E-state index contributed by atoms with van der Waals surface area (Å²) in [4.78, 5) is 0. The molecule has 3 heteroatoms. The van der Waals surface area contributed by atoms with E-state index in [1.165, 1.54) is 25.3 Å². The quantitative estimate of drug-likeness (QED) is 0.836. The monoisotopic (exact) mass is 236 g/mol. The molecule has 1 aromatic carbocycles. The summed E-state index contributed by atoms with van der Waals surface area (Å²) in [6.07, 6.45) is 4.60. The lowest BCUT2D eigenvalue weighted by Crippen LogP contribution is -2.31. The van der Waals surface area contributed by atoms with E-state index in [-0.39, 0.29) is 5.82 Å². The van der Waals surface area contributed by atoms with Crippen LogP contribution in [0.4, 0.5) is 4.39 Å².